The molecule has 0 heterocycles. The van der Waals surface area contributed by atoms with Gasteiger partial charge in [-0.2, -0.15) is 0 Å². The van der Waals surface area contributed by atoms with Crippen LogP contribution in [0.3, 0.4) is 0 Å². The molecule has 2 aromatic rings. The number of rotatable bonds is 2. The van der Waals surface area contributed by atoms with Gasteiger partial charge in [0.1, 0.15) is 0 Å². The predicted molar refractivity (Wildman–Crippen MR) is 54.7 cm³/mol. The summed E-state index contributed by atoms with van der Waals surface area (Å²) in [6.07, 6.45) is 0. The molecule has 13 heavy (non-hydrogen) atoms. The Bertz CT molecular complexity index is 416. The van der Waals surface area contributed by atoms with E-state index in [0.29, 0.717) is 0 Å². The lowest BCUT2D eigenvalue weighted by molar-refractivity contribution is 0.258. The molecule has 2 aromatic carbocycles. The van der Waals surface area contributed by atoms with Gasteiger partial charge in [-0.05, 0) is 34.9 Å². The minimum absolute atomic E-state index is 1.00. The molecule has 0 aliphatic carbocycles. The van der Waals surface area contributed by atoms with Crippen LogP contribution in [0.4, 0.5) is 0 Å². The van der Waals surface area contributed by atoms with Gasteiger partial charge in [-0.1, -0.05) is 30.3 Å². The van der Waals surface area contributed by atoms with Crippen LogP contribution in [0.1, 0.15) is 0 Å². The number of nitrogens with one attached hydrogen (secondary N) is 1. The van der Waals surface area contributed by atoms with Gasteiger partial charge in [0.25, 0.3) is 0 Å². The fourth-order valence-electron chi connectivity index (χ4n) is 1.28. The van der Waals surface area contributed by atoms with Crippen molar-refractivity contribution in [2.75, 3.05) is 0 Å². The summed E-state index contributed by atoms with van der Waals surface area (Å²) in [7, 11) is 0. The van der Waals surface area contributed by atoms with E-state index in [1.165, 1.54) is 22.7 Å². The van der Waals surface area contributed by atoms with Gasteiger partial charge in [0.2, 0.25) is 0 Å². The molecular weight excluding hydrogens is 182 g/mol. The molecule has 2 N–H and O–H groups in total. The van der Waals surface area contributed by atoms with Crippen LogP contribution in [0.15, 0.2) is 47.4 Å². The fraction of sp³-hybridized carbons (Fsp3) is 0. The largest absolute Gasteiger partial charge is 0.306 e. The Morgan fingerprint density at radius 1 is 1.00 bits per heavy atom. The van der Waals surface area contributed by atoms with Crippen LogP contribution in [-0.2, 0) is 0 Å². The van der Waals surface area contributed by atoms with Crippen molar-refractivity contribution in [3.8, 4) is 0 Å². The average molecular weight is 191 g/mol. The van der Waals surface area contributed by atoms with Gasteiger partial charge < -0.3 is 5.21 Å². The summed E-state index contributed by atoms with van der Waals surface area (Å²) in [5, 5.41) is 10.9. The molecule has 0 saturated heterocycles. The molecule has 66 valence electrons. The Hall–Kier alpha value is -1.03. The molecule has 0 spiro atoms. The summed E-state index contributed by atoms with van der Waals surface area (Å²) >= 11 is 1.20. The molecule has 0 bridgehead atoms. The zero-order valence-electron chi connectivity index (χ0n) is 6.90. The average Bonchev–Trinajstić information content (AvgIpc) is 2.18. The van der Waals surface area contributed by atoms with Gasteiger partial charge in [0.15, 0.2) is 0 Å². The minimum atomic E-state index is 1.00. The first-order valence-corrected chi connectivity index (χ1v) is 4.76. The third-order valence-electron chi connectivity index (χ3n) is 1.88. The van der Waals surface area contributed by atoms with Crippen molar-refractivity contribution in [1.29, 1.82) is 0 Å². The highest BCUT2D eigenvalue weighted by Crippen LogP contribution is 2.20. The number of hydrogen-bond acceptors (Lipinski definition) is 3. The van der Waals surface area contributed by atoms with Crippen molar-refractivity contribution >= 4 is 22.7 Å². The number of benzene rings is 2. The van der Waals surface area contributed by atoms with Crippen LogP contribution in [0.25, 0.3) is 10.8 Å². The molecule has 0 atom stereocenters. The van der Waals surface area contributed by atoms with E-state index < -0.39 is 0 Å². The van der Waals surface area contributed by atoms with E-state index in [2.05, 4.69) is 17.0 Å². The van der Waals surface area contributed by atoms with E-state index >= 15 is 0 Å². The summed E-state index contributed by atoms with van der Waals surface area (Å²) in [5.41, 5.74) is 0. The molecule has 2 nitrogen and oxygen atoms in total. The van der Waals surface area contributed by atoms with Crippen LogP contribution in [0.5, 0.6) is 0 Å². The maximum absolute atomic E-state index is 8.50. The van der Waals surface area contributed by atoms with E-state index in [0.717, 1.165) is 4.90 Å². The predicted octanol–water partition coefficient (Wildman–Crippen LogP) is 2.83. The quantitative estimate of drug-likeness (QED) is 0.565. The zero-order chi connectivity index (χ0) is 9.10. The molecular formula is C10H9NOS. The van der Waals surface area contributed by atoms with E-state index in [4.69, 9.17) is 5.21 Å². The van der Waals surface area contributed by atoms with Crippen LogP contribution >= 0.6 is 11.9 Å². The second-order valence-corrected chi connectivity index (χ2v) is 3.56. The lowest BCUT2D eigenvalue weighted by Crippen LogP contribution is -1.91. The van der Waals surface area contributed by atoms with Gasteiger partial charge in [-0.3, -0.25) is 0 Å². The topological polar surface area (TPSA) is 32.3 Å². The highest BCUT2D eigenvalue weighted by Gasteiger charge is 1.94. The maximum atomic E-state index is 8.50. The van der Waals surface area contributed by atoms with E-state index in [1.54, 1.807) is 0 Å². The lowest BCUT2D eigenvalue weighted by Gasteiger charge is -2.00. The molecule has 0 fully saturated rings. The first-order valence-electron chi connectivity index (χ1n) is 3.95. The maximum Gasteiger partial charge on any atom is 0.0255 e. The SMILES string of the molecule is ONSc1ccc2ccccc2c1. The molecule has 3 heteroatoms. The second kappa shape index (κ2) is 3.79. The summed E-state index contributed by atoms with van der Waals surface area (Å²) in [5.74, 6) is 0. The molecule has 0 aliphatic rings. The third kappa shape index (κ3) is 1.83. The second-order valence-electron chi connectivity index (χ2n) is 2.70. The van der Waals surface area contributed by atoms with Crippen molar-refractivity contribution < 1.29 is 5.21 Å². The van der Waals surface area contributed by atoms with E-state index in [1.807, 2.05) is 30.3 Å². The fourth-order valence-corrected chi connectivity index (χ4v) is 1.71. The summed E-state index contributed by atoms with van der Waals surface area (Å²) < 4.78 is 0. The summed E-state index contributed by atoms with van der Waals surface area (Å²) in [6, 6.07) is 14.2. The van der Waals surface area contributed by atoms with Crippen molar-refractivity contribution in [2.45, 2.75) is 4.90 Å². The highest BCUT2D eigenvalue weighted by molar-refractivity contribution is 7.97. The van der Waals surface area contributed by atoms with Crippen molar-refractivity contribution in [3.63, 3.8) is 0 Å². The molecule has 0 amide bonds. The third-order valence-corrected chi connectivity index (χ3v) is 2.47. The first-order chi connectivity index (χ1) is 6.40. The van der Waals surface area contributed by atoms with E-state index in [-0.39, 0.29) is 0 Å². The Kier molecular flexibility index (Phi) is 2.49. The Balaban J connectivity index is 2.49. The van der Waals surface area contributed by atoms with Crippen molar-refractivity contribution in [1.82, 2.24) is 4.89 Å². The number of hydrogen-bond donors (Lipinski definition) is 2. The van der Waals surface area contributed by atoms with Gasteiger partial charge in [-0.25, -0.2) is 0 Å². The molecule has 0 unspecified atom stereocenters. The molecule has 0 saturated carbocycles. The summed E-state index contributed by atoms with van der Waals surface area (Å²) in [6.45, 7) is 0. The monoisotopic (exact) mass is 191 g/mol. The highest BCUT2D eigenvalue weighted by atomic mass is 32.2. The van der Waals surface area contributed by atoms with Crippen molar-refractivity contribution in [2.24, 2.45) is 0 Å². The minimum Gasteiger partial charge on any atom is -0.306 e. The van der Waals surface area contributed by atoms with Crippen LogP contribution in [-0.4, -0.2) is 5.21 Å². The standard InChI is InChI=1S/C10H9NOS/c12-11-13-10-6-5-8-3-1-2-4-9(8)7-10/h1-7,11-12H. The van der Waals surface area contributed by atoms with E-state index in [9.17, 15) is 0 Å². The summed E-state index contributed by atoms with van der Waals surface area (Å²) in [4.78, 5) is 3.07. The Morgan fingerprint density at radius 3 is 2.54 bits per heavy atom. The van der Waals surface area contributed by atoms with Crippen LogP contribution in [0.2, 0.25) is 0 Å². The number of fused-ring (bicyclic) bond motifs is 1. The normalized spacial score (nSPS) is 10.5. The first kappa shape index (κ1) is 8.56. The smallest absolute Gasteiger partial charge is 0.0255 e. The van der Waals surface area contributed by atoms with Crippen LogP contribution < -0.4 is 4.89 Å². The molecule has 0 aliphatic heterocycles. The Morgan fingerprint density at radius 2 is 1.77 bits per heavy atom. The van der Waals surface area contributed by atoms with Gasteiger partial charge in [0.05, 0.1) is 0 Å². The molecule has 0 radical (unpaired) electrons. The zero-order valence-corrected chi connectivity index (χ0v) is 7.71. The van der Waals surface area contributed by atoms with Gasteiger partial charge >= 0.3 is 0 Å². The lowest BCUT2D eigenvalue weighted by atomic mass is 10.1. The van der Waals surface area contributed by atoms with Gasteiger partial charge in [0, 0.05) is 4.90 Å². The van der Waals surface area contributed by atoms with Crippen LogP contribution in [0, 0.1) is 0 Å². The van der Waals surface area contributed by atoms with Crippen molar-refractivity contribution in [3.05, 3.63) is 42.5 Å². The Labute approximate surface area is 80.7 Å². The molecule has 2 rings (SSSR count). The van der Waals surface area contributed by atoms with Gasteiger partial charge in [-0.15, -0.1) is 4.89 Å². The molecule has 0 aromatic heterocycles.